The largest absolute Gasteiger partial charge is 0.490 e. The molecule has 4 bridgehead atoms. The number of nitrogens with one attached hydrogen (secondary N) is 1. The fourth-order valence-corrected chi connectivity index (χ4v) is 10.2. The Morgan fingerprint density at radius 1 is 0.912 bits per heavy atom. The van der Waals surface area contributed by atoms with E-state index < -0.39 is 34.8 Å². The van der Waals surface area contributed by atoms with E-state index in [0.717, 1.165) is 31.7 Å². The second kappa shape index (κ2) is 14.2. The van der Waals surface area contributed by atoms with Crippen LogP contribution in [0.25, 0.3) is 27.8 Å². The Morgan fingerprint density at radius 2 is 1.68 bits per heavy atom. The number of carbonyl (C=O) groups is 2. The number of pyridine rings is 1. The second-order valence-corrected chi connectivity index (χ2v) is 16.0. The highest BCUT2D eigenvalue weighted by Gasteiger charge is 2.60. The predicted molar refractivity (Wildman–Crippen MR) is 204 cm³/mol. The van der Waals surface area contributed by atoms with Gasteiger partial charge < -0.3 is 24.6 Å². The summed E-state index contributed by atoms with van der Waals surface area (Å²) in [6.45, 7) is 1.41. The van der Waals surface area contributed by atoms with Crippen LogP contribution in [0, 0.1) is 35.0 Å². The molecule has 5 aromatic rings. The van der Waals surface area contributed by atoms with Crippen LogP contribution in [0.15, 0.2) is 79.3 Å². The van der Waals surface area contributed by atoms with Gasteiger partial charge in [-0.1, -0.05) is 12.5 Å². The highest BCUT2D eigenvalue weighted by Crippen LogP contribution is 2.56. The van der Waals surface area contributed by atoms with Crippen molar-refractivity contribution in [3.05, 3.63) is 96.1 Å². The molecular formula is C43H40F3N7O4. The van der Waals surface area contributed by atoms with E-state index in [2.05, 4.69) is 31.2 Å². The molecule has 1 aliphatic heterocycles. The van der Waals surface area contributed by atoms with E-state index in [4.69, 9.17) is 4.74 Å². The summed E-state index contributed by atoms with van der Waals surface area (Å²) in [5.74, 6) is -0.995. The number of ether oxygens (including phenoxy) is 1. The summed E-state index contributed by atoms with van der Waals surface area (Å²) in [6, 6.07) is 18.7. The zero-order chi connectivity index (χ0) is 39.5. The molecule has 11 nitrogen and oxygen atoms in total. The first-order valence-corrected chi connectivity index (χ1v) is 19.5. The van der Waals surface area contributed by atoms with Crippen LogP contribution in [0.4, 0.5) is 19.1 Å². The lowest BCUT2D eigenvalue weighted by Crippen LogP contribution is -2.66. The van der Waals surface area contributed by atoms with Gasteiger partial charge in [-0.2, -0.15) is 18.4 Å². The minimum atomic E-state index is -5.03. The number of carboxylic acid groups (broad SMARTS) is 1. The zero-order valence-electron chi connectivity index (χ0n) is 31.0. The monoisotopic (exact) mass is 775 g/mol. The molecule has 0 radical (unpaired) electrons. The molecule has 0 spiro atoms. The topological polar surface area (TPSA) is 146 Å². The number of fused-ring (bicyclic) bond motifs is 2. The predicted octanol–water partition coefficient (Wildman–Crippen LogP) is 7.82. The Kier molecular flexibility index (Phi) is 9.13. The van der Waals surface area contributed by atoms with E-state index in [9.17, 15) is 33.1 Å². The molecular weight excluding hydrogens is 736 g/mol. The maximum absolute atomic E-state index is 14.9. The lowest BCUT2D eigenvalue weighted by Gasteiger charge is -2.50. The third-order valence-electron chi connectivity index (χ3n) is 12.7. The molecule has 5 aliphatic rings. The molecule has 5 atom stereocenters. The zero-order valence-corrected chi connectivity index (χ0v) is 31.0. The van der Waals surface area contributed by atoms with E-state index in [1.807, 2.05) is 6.07 Å². The van der Waals surface area contributed by atoms with Crippen molar-refractivity contribution in [2.24, 2.45) is 23.7 Å². The third kappa shape index (κ3) is 6.62. The number of benzene rings is 2. The van der Waals surface area contributed by atoms with Gasteiger partial charge in [0.05, 0.1) is 28.4 Å². The van der Waals surface area contributed by atoms with Gasteiger partial charge >= 0.3 is 12.1 Å². The first-order chi connectivity index (χ1) is 27.5. The summed E-state index contributed by atoms with van der Waals surface area (Å²) in [6.07, 6.45) is 5.86. The van der Waals surface area contributed by atoms with Gasteiger partial charge in [0, 0.05) is 67.2 Å². The molecule has 4 saturated carbocycles. The van der Waals surface area contributed by atoms with Crippen LogP contribution in [0.5, 0.6) is 5.75 Å². The van der Waals surface area contributed by atoms with E-state index in [1.54, 1.807) is 65.6 Å². The Hall–Kier alpha value is -5.97. The van der Waals surface area contributed by atoms with Gasteiger partial charge in [0.2, 0.25) is 5.95 Å². The maximum Gasteiger partial charge on any atom is 0.434 e. The van der Waals surface area contributed by atoms with Crippen molar-refractivity contribution in [2.75, 3.05) is 18.0 Å². The van der Waals surface area contributed by atoms with Crippen molar-refractivity contribution in [3.8, 4) is 28.8 Å². The molecule has 10 rings (SSSR count). The number of amides is 1. The molecule has 4 heterocycles. The van der Waals surface area contributed by atoms with Crippen molar-refractivity contribution in [3.63, 3.8) is 0 Å². The lowest BCUT2D eigenvalue weighted by atomic mass is 9.58. The molecule has 3 aromatic heterocycles. The van der Waals surface area contributed by atoms with Gasteiger partial charge in [-0.15, -0.1) is 0 Å². The van der Waals surface area contributed by atoms with Crippen LogP contribution in [0.3, 0.4) is 0 Å². The van der Waals surface area contributed by atoms with Gasteiger partial charge in [-0.05, 0) is 104 Å². The Labute approximate surface area is 326 Å². The number of nitriles is 1. The molecule has 5 unspecified atom stereocenters. The van der Waals surface area contributed by atoms with Crippen molar-refractivity contribution >= 4 is 28.7 Å². The molecule has 2 aromatic carbocycles. The van der Waals surface area contributed by atoms with Crippen LogP contribution in [-0.4, -0.2) is 61.2 Å². The van der Waals surface area contributed by atoms with Crippen molar-refractivity contribution in [2.45, 2.75) is 69.2 Å². The first-order valence-electron chi connectivity index (χ1n) is 19.5. The number of anilines is 1. The van der Waals surface area contributed by atoms with Crippen LogP contribution in [0.2, 0.25) is 0 Å². The average molecular weight is 776 g/mol. The fourth-order valence-electron chi connectivity index (χ4n) is 10.2. The summed E-state index contributed by atoms with van der Waals surface area (Å²) < 4.78 is 53.0. The Morgan fingerprint density at radius 3 is 2.44 bits per heavy atom. The van der Waals surface area contributed by atoms with Crippen LogP contribution < -0.4 is 15.0 Å². The number of carbonyl (C=O) groups excluding carboxylic acids is 1. The average Bonchev–Trinajstić information content (AvgIpc) is 3.47. The van der Waals surface area contributed by atoms with Crippen molar-refractivity contribution < 1.29 is 32.6 Å². The molecule has 2 N–H and O–H groups in total. The number of rotatable bonds is 8. The molecule has 57 heavy (non-hydrogen) atoms. The summed E-state index contributed by atoms with van der Waals surface area (Å²) >= 11 is 0. The number of nitrogens with zero attached hydrogens (tertiary/aromatic N) is 6. The van der Waals surface area contributed by atoms with Crippen molar-refractivity contribution in [1.82, 2.24) is 24.8 Å². The van der Waals surface area contributed by atoms with Gasteiger partial charge in [0.1, 0.15) is 17.4 Å². The van der Waals surface area contributed by atoms with E-state index in [-0.39, 0.29) is 23.6 Å². The third-order valence-corrected chi connectivity index (χ3v) is 12.7. The quantitative estimate of drug-likeness (QED) is 0.161. The molecule has 4 aliphatic carbocycles. The van der Waals surface area contributed by atoms with Gasteiger partial charge in [-0.25, -0.2) is 19.7 Å². The molecule has 5 fully saturated rings. The highest BCUT2D eigenvalue weighted by molar-refractivity contribution is 6.01. The van der Waals surface area contributed by atoms with Gasteiger partial charge in [0.25, 0.3) is 5.91 Å². The standard InChI is InChI=1S/C43H40F3N7O4/c44-43(45,46)38-34(39(54)51-42(40(55)56)28-6-5-25-17-27(19-28)20-29(42)18-25)9-10-36(50-38)35-24-53(30-4-1-3-26(21-30)23-47)37-22-32(7-8-33(35)37)57-31-11-15-52(16-12-31)41-48-13-2-14-49-41/h1-4,7-10,13-14,21-22,24-25,27-29,31H,5-6,11-12,15-20H2,(H,51,54)(H,55,56). The first kappa shape index (κ1) is 36.7. The normalized spacial score (nSPS) is 24.6. The van der Waals surface area contributed by atoms with E-state index >= 15 is 0 Å². The smallest absolute Gasteiger partial charge is 0.434 e. The Balaban J connectivity index is 1.06. The molecule has 14 heteroatoms. The fraction of sp³-hybridized carbons (Fsp3) is 0.395. The minimum Gasteiger partial charge on any atom is -0.490 e. The summed E-state index contributed by atoms with van der Waals surface area (Å²) in [5, 5.41) is 23.6. The second-order valence-electron chi connectivity index (χ2n) is 16.0. The van der Waals surface area contributed by atoms with E-state index in [0.29, 0.717) is 90.0 Å². The summed E-state index contributed by atoms with van der Waals surface area (Å²) in [5.41, 5.74) is -1.77. The van der Waals surface area contributed by atoms with Gasteiger partial charge in [-0.3, -0.25) is 4.79 Å². The molecule has 1 amide bonds. The number of carboxylic acids is 1. The number of alkyl halides is 3. The van der Waals surface area contributed by atoms with E-state index in [1.165, 1.54) is 6.07 Å². The number of aromatic nitrogens is 4. The minimum absolute atomic E-state index is 0.0254. The number of hydrogen-bond acceptors (Lipinski definition) is 8. The number of halogens is 3. The maximum atomic E-state index is 14.9. The van der Waals surface area contributed by atoms with Crippen LogP contribution in [-0.2, 0) is 11.0 Å². The highest BCUT2D eigenvalue weighted by atomic mass is 19.4. The summed E-state index contributed by atoms with van der Waals surface area (Å²) in [7, 11) is 0. The number of piperidine rings is 1. The van der Waals surface area contributed by atoms with Crippen LogP contribution in [0.1, 0.15) is 73.0 Å². The lowest BCUT2D eigenvalue weighted by molar-refractivity contribution is -0.154. The number of hydrogen-bond donors (Lipinski definition) is 2. The molecule has 292 valence electrons. The van der Waals surface area contributed by atoms with Gasteiger partial charge in [0.15, 0.2) is 5.69 Å². The van der Waals surface area contributed by atoms with Crippen LogP contribution >= 0.6 is 0 Å². The summed E-state index contributed by atoms with van der Waals surface area (Å²) in [4.78, 5) is 41.9. The SMILES string of the molecule is N#Cc1cccc(-n2cc(-c3ccc(C(=O)NC4(C(=O)O)C5CCC6CC(C5)CC4C6)c(C(F)(F)F)n3)c3ccc(OC4CCN(c5ncccn5)CC4)cc32)c1. The Bertz CT molecular complexity index is 2400. The number of aliphatic carboxylic acids is 1. The van der Waals surface area contributed by atoms with Crippen molar-refractivity contribution in [1.29, 1.82) is 5.26 Å². The molecule has 1 saturated heterocycles.